The summed E-state index contributed by atoms with van der Waals surface area (Å²) in [4.78, 5) is 24.8. The molecule has 3 saturated carbocycles. The number of fused-ring (bicyclic) bond motifs is 2. The van der Waals surface area contributed by atoms with Crippen molar-refractivity contribution in [1.82, 2.24) is 4.90 Å². The lowest BCUT2D eigenvalue weighted by Gasteiger charge is -2.26. The smallest absolute Gasteiger partial charge is 0.323 e. The topological polar surface area (TPSA) is 57.6 Å². The lowest BCUT2D eigenvalue weighted by Crippen LogP contribution is -2.38. The number of amides is 1. The third-order valence-corrected chi connectivity index (χ3v) is 5.18. The van der Waals surface area contributed by atoms with E-state index in [4.69, 9.17) is 5.11 Å². The first kappa shape index (κ1) is 12.9. The summed E-state index contributed by atoms with van der Waals surface area (Å²) < 4.78 is 0. The average molecular weight is 265 g/mol. The normalized spacial score (nSPS) is 32.5. The van der Waals surface area contributed by atoms with Gasteiger partial charge in [-0.2, -0.15) is 0 Å². The van der Waals surface area contributed by atoms with Crippen molar-refractivity contribution in [3.8, 4) is 0 Å². The van der Waals surface area contributed by atoms with Gasteiger partial charge in [-0.3, -0.25) is 9.59 Å². The van der Waals surface area contributed by atoms with Gasteiger partial charge in [-0.05, 0) is 55.8 Å². The number of carboxylic acid groups (broad SMARTS) is 1. The van der Waals surface area contributed by atoms with Gasteiger partial charge in [0.25, 0.3) is 0 Å². The summed E-state index contributed by atoms with van der Waals surface area (Å²) in [6.07, 6.45) is 8.01. The van der Waals surface area contributed by atoms with Gasteiger partial charge < -0.3 is 10.0 Å². The maximum atomic E-state index is 12.3. The van der Waals surface area contributed by atoms with Crippen LogP contribution < -0.4 is 0 Å². The molecule has 106 valence electrons. The Labute approximate surface area is 114 Å². The van der Waals surface area contributed by atoms with E-state index in [1.807, 2.05) is 0 Å². The fraction of sp³-hybridized carbons (Fsp3) is 0.867. The molecule has 0 heterocycles. The summed E-state index contributed by atoms with van der Waals surface area (Å²) in [5.74, 6) is 1.86. The fourth-order valence-electron chi connectivity index (χ4n) is 4.01. The van der Waals surface area contributed by atoms with E-state index in [0.29, 0.717) is 24.8 Å². The van der Waals surface area contributed by atoms with Gasteiger partial charge in [0.1, 0.15) is 6.54 Å². The third kappa shape index (κ3) is 3.10. The number of aliphatic carboxylic acids is 1. The fourth-order valence-corrected chi connectivity index (χ4v) is 4.01. The molecule has 3 rings (SSSR count). The molecular weight excluding hydrogens is 242 g/mol. The van der Waals surface area contributed by atoms with E-state index < -0.39 is 5.97 Å². The molecule has 0 aliphatic heterocycles. The minimum Gasteiger partial charge on any atom is -0.480 e. The SMILES string of the molecule is O=C(O)CN(CC1CC1)C(=O)CC1CC2CCC1C2. The van der Waals surface area contributed by atoms with Crippen molar-refractivity contribution < 1.29 is 14.7 Å². The molecule has 3 fully saturated rings. The minimum absolute atomic E-state index is 0.0758. The molecule has 3 atom stereocenters. The highest BCUT2D eigenvalue weighted by Crippen LogP contribution is 2.49. The summed E-state index contributed by atoms with van der Waals surface area (Å²) in [6, 6.07) is 0. The second-order valence-electron chi connectivity index (χ2n) is 6.75. The summed E-state index contributed by atoms with van der Waals surface area (Å²) in [7, 11) is 0. The Hall–Kier alpha value is -1.06. The largest absolute Gasteiger partial charge is 0.480 e. The molecule has 0 spiro atoms. The van der Waals surface area contributed by atoms with Crippen molar-refractivity contribution in [1.29, 1.82) is 0 Å². The number of carboxylic acids is 1. The van der Waals surface area contributed by atoms with Gasteiger partial charge in [0.15, 0.2) is 0 Å². The maximum Gasteiger partial charge on any atom is 0.323 e. The maximum absolute atomic E-state index is 12.3. The van der Waals surface area contributed by atoms with E-state index in [1.54, 1.807) is 4.90 Å². The van der Waals surface area contributed by atoms with Gasteiger partial charge in [0.05, 0.1) is 0 Å². The Morgan fingerprint density at radius 1 is 1.11 bits per heavy atom. The Kier molecular flexibility index (Phi) is 3.50. The van der Waals surface area contributed by atoms with Crippen molar-refractivity contribution in [2.75, 3.05) is 13.1 Å². The predicted molar refractivity (Wildman–Crippen MR) is 70.5 cm³/mol. The van der Waals surface area contributed by atoms with Gasteiger partial charge in [0, 0.05) is 13.0 Å². The zero-order valence-electron chi connectivity index (χ0n) is 11.4. The van der Waals surface area contributed by atoms with Crippen LogP contribution in [-0.2, 0) is 9.59 Å². The second-order valence-corrected chi connectivity index (χ2v) is 6.75. The van der Waals surface area contributed by atoms with Crippen LogP contribution in [0.15, 0.2) is 0 Å². The Morgan fingerprint density at radius 2 is 1.89 bits per heavy atom. The van der Waals surface area contributed by atoms with Gasteiger partial charge in [-0.15, -0.1) is 0 Å². The molecule has 3 aliphatic carbocycles. The number of rotatable bonds is 6. The van der Waals surface area contributed by atoms with Crippen LogP contribution in [0.25, 0.3) is 0 Å². The zero-order valence-corrected chi connectivity index (χ0v) is 11.4. The van der Waals surface area contributed by atoms with Crippen LogP contribution in [0.1, 0.15) is 44.9 Å². The molecule has 0 aromatic heterocycles. The monoisotopic (exact) mass is 265 g/mol. The minimum atomic E-state index is -0.887. The van der Waals surface area contributed by atoms with Crippen LogP contribution in [0, 0.1) is 23.7 Å². The molecular formula is C15H23NO3. The van der Waals surface area contributed by atoms with Crippen molar-refractivity contribution >= 4 is 11.9 Å². The third-order valence-electron chi connectivity index (χ3n) is 5.18. The molecule has 0 saturated heterocycles. The summed E-state index contributed by atoms with van der Waals surface area (Å²) in [5, 5.41) is 8.94. The van der Waals surface area contributed by atoms with Gasteiger partial charge >= 0.3 is 5.97 Å². The number of carbonyl (C=O) groups excluding carboxylic acids is 1. The molecule has 0 radical (unpaired) electrons. The first-order valence-corrected chi connectivity index (χ1v) is 7.61. The predicted octanol–water partition coefficient (Wildman–Crippen LogP) is 2.14. The van der Waals surface area contributed by atoms with E-state index in [0.717, 1.165) is 24.7 Å². The molecule has 4 nitrogen and oxygen atoms in total. The quantitative estimate of drug-likeness (QED) is 0.800. The van der Waals surface area contributed by atoms with Crippen molar-refractivity contribution in [3.63, 3.8) is 0 Å². The van der Waals surface area contributed by atoms with Crippen molar-refractivity contribution in [2.24, 2.45) is 23.7 Å². The van der Waals surface area contributed by atoms with Crippen LogP contribution in [0.4, 0.5) is 0 Å². The lowest BCUT2D eigenvalue weighted by atomic mass is 9.86. The van der Waals surface area contributed by atoms with Gasteiger partial charge in [-0.1, -0.05) is 6.42 Å². The summed E-state index contributed by atoms with van der Waals surface area (Å²) >= 11 is 0. The summed E-state index contributed by atoms with van der Waals surface area (Å²) in [6.45, 7) is 0.544. The van der Waals surface area contributed by atoms with E-state index in [9.17, 15) is 9.59 Å². The van der Waals surface area contributed by atoms with E-state index in [-0.39, 0.29) is 12.5 Å². The molecule has 1 N–H and O–H groups in total. The molecule has 3 aliphatic rings. The zero-order chi connectivity index (χ0) is 13.4. The Bertz CT molecular complexity index is 378. The molecule has 0 aromatic carbocycles. The molecule has 19 heavy (non-hydrogen) atoms. The molecule has 4 heteroatoms. The number of carbonyl (C=O) groups is 2. The van der Waals surface area contributed by atoms with Crippen LogP contribution in [0.5, 0.6) is 0 Å². The van der Waals surface area contributed by atoms with Crippen LogP contribution in [0.2, 0.25) is 0 Å². The van der Waals surface area contributed by atoms with Crippen molar-refractivity contribution in [3.05, 3.63) is 0 Å². The number of hydrogen-bond donors (Lipinski definition) is 1. The highest BCUT2D eigenvalue weighted by Gasteiger charge is 2.41. The average Bonchev–Trinajstić information content (AvgIpc) is 2.93. The van der Waals surface area contributed by atoms with Crippen molar-refractivity contribution in [2.45, 2.75) is 44.9 Å². The highest BCUT2D eigenvalue weighted by molar-refractivity contribution is 5.81. The Balaban J connectivity index is 1.55. The van der Waals surface area contributed by atoms with Crippen LogP contribution >= 0.6 is 0 Å². The lowest BCUT2D eigenvalue weighted by molar-refractivity contribution is -0.145. The van der Waals surface area contributed by atoms with Gasteiger partial charge in [0.2, 0.25) is 5.91 Å². The van der Waals surface area contributed by atoms with E-state index >= 15 is 0 Å². The standard InChI is InChI=1S/C15H23NO3/c17-14(7-13-6-11-3-4-12(13)5-11)16(9-15(18)19)8-10-1-2-10/h10-13H,1-9H2,(H,18,19). The Morgan fingerprint density at radius 3 is 2.42 bits per heavy atom. The molecule has 3 unspecified atom stereocenters. The number of nitrogens with zero attached hydrogens (tertiary/aromatic N) is 1. The highest BCUT2D eigenvalue weighted by atomic mass is 16.4. The molecule has 2 bridgehead atoms. The first-order chi connectivity index (χ1) is 9.11. The second kappa shape index (κ2) is 5.14. The van der Waals surface area contributed by atoms with E-state index in [2.05, 4.69) is 0 Å². The summed E-state index contributed by atoms with van der Waals surface area (Å²) in [5.41, 5.74) is 0. The molecule has 1 amide bonds. The molecule has 0 aromatic rings. The van der Waals surface area contributed by atoms with Crippen LogP contribution in [-0.4, -0.2) is 35.0 Å². The number of hydrogen-bond acceptors (Lipinski definition) is 2. The first-order valence-electron chi connectivity index (χ1n) is 7.61. The van der Waals surface area contributed by atoms with Crippen LogP contribution in [0.3, 0.4) is 0 Å². The van der Waals surface area contributed by atoms with Gasteiger partial charge in [-0.25, -0.2) is 0 Å². The van der Waals surface area contributed by atoms with E-state index in [1.165, 1.54) is 25.7 Å².